The van der Waals surface area contributed by atoms with E-state index >= 15 is 0 Å². The number of rotatable bonds is 5. The molecule has 3 heterocycles. The number of nitrogens with zero attached hydrogens (tertiary/aromatic N) is 4. The second-order valence-electron chi connectivity index (χ2n) is 5.48. The van der Waals surface area contributed by atoms with Gasteiger partial charge in [0, 0.05) is 13.2 Å². The van der Waals surface area contributed by atoms with Crippen molar-refractivity contribution in [2.24, 2.45) is 0 Å². The molecule has 3 aromatic rings. The van der Waals surface area contributed by atoms with Crippen molar-refractivity contribution in [2.75, 3.05) is 24.9 Å². The lowest BCUT2D eigenvalue weighted by Gasteiger charge is -2.15. The van der Waals surface area contributed by atoms with Gasteiger partial charge in [-0.2, -0.15) is 5.10 Å². The van der Waals surface area contributed by atoms with Crippen molar-refractivity contribution in [1.82, 2.24) is 19.6 Å². The van der Waals surface area contributed by atoms with E-state index in [2.05, 4.69) is 25.7 Å². The number of halogens is 2. The van der Waals surface area contributed by atoms with Gasteiger partial charge in [-0.3, -0.25) is 0 Å². The number of anilines is 2. The fourth-order valence-corrected chi connectivity index (χ4v) is 2.78. The van der Waals surface area contributed by atoms with E-state index in [0.29, 0.717) is 27.9 Å². The summed E-state index contributed by atoms with van der Waals surface area (Å²) in [6, 6.07) is 2.63. The number of aromatic nitrogens is 4. The Morgan fingerprint density at radius 3 is 2.70 bits per heavy atom. The number of fused-ring (bicyclic) bond motifs is 1. The Bertz CT molecular complexity index is 994. The summed E-state index contributed by atoms with van der Waals surface area (Å²) in [5.74, 6) is 0.268. The van der Waals surface area contributed by atoms with Crippen LogP contribution in [0.15, 0.2) is 24.5 Å². The number of hydrogen-bond donors (Lipinski definition) is 2. The molecular formula is C16H16Cl2N6O3. The molecule has 0 aromatic carbocycles. The van der Waals surface area contributed by atoms with E-state index in [4.69, 9.17) is 32.7 Å². The van der Waals surface area contributed by atoms with Gasteiger partial charge in [-0.25, -0.2) is 19.3 Å². The van der Waals surface area contributed by atoms with Crippen LogP contribution >= 0.6 is 23.2 Å². The molecule has 3 aromatic heterocycles. The summed E-state index contributed by atoms with van der Waals surface area (Å²) in [6.07, 6.45) is 2.67. The van der Waals surface area contributed by atoms with Gasteiger partial charge in [-0.15, -0.1) is 0 Å². The monoisotopic (exact) mass is 410 g/mol. The zero-order chi connectivity index (χ0) is 19.6. The maximum atomic E-state index is 12.4. The minimum absolute atomic E-state index is 0.268. The number of ether oxygens (including phenoxy) is 2. The quantitative estimate of drug-likeness (QED) is 0.662. The standard InChI is InChI=1S/C16H16Cl2N6O3/c1-8(26-2)14-11(7-24-13(22-14)5-12(18)23-24)21-16(25)20-9-4-10(17)15(27-3)19-6-9/h4-8H,1-3H3,(H2,20,21,25)/t8-/m0/s1. The van der Waals surface area contributed by atoms with Crippen molar-refractivity contribution in [3.63, 3.8) is 0 Å². The summed E-state index contributed by atoms with van der Waals surface area (Å²) in [5, 5.41) is 10.0. The lowest BCUT2D eigenvalue weighted by Crippen LogP contribution is -2.22. The van der Waals surface area contributed by atoms with Crippen LogP contribution in [0, 0.1) is 0 Å². The van der Waals surface area contributed by atoms with E-state index in [-0.39, 0.29) is 17.0 Å². The number of amides is 2. The first-order chi connectivity index (χ1) is 12.9. The average Bonchev–Trinajstić information content (AvgIpc) is 2.99. The highest BCUT2D eigenvalue weighted by Gasteiger charge is 2.17. The SMILES string of the molecule is COc1ncc(NC(=O)Nc2cn3nc(Cl)cc3nc2[C@H](C)OC)cc1Cl. The largest absolute Gasteiger partial charge is 0.480 e. The molecule has 0 radical (unpaired) electrons. The molecule has 0 bridgehead atoms. The molecule has 0 unspecified atom stereocenters. The van der Waals surface area contributed by atoms with E-state index in [1.807, 2.05) is 6.92 Å². The molecule has 142 valence electrons. The Hall–Kier alpha value is -2.62. The Morgan fingerprint density at radius 2 is 2.04 bits per heavy atom. The highest BCUT2D eigenvalue weighted by molar-refractivity contribution is 6.32. The van der Waals surface area contributed by atoms with Gasteiger partial charge in [0.15, 0.2) is 10.8 Å². The second-order valence-corrected chi connectivity index (χ2v) is 6.28. The summed E-state index contributed by atoms with van der Waals surface area (Å²) in [6.45, 7) is 1.81. The maximum absolute atomic E-state index is 12.4. The van der Waals surface area contributed by atoms with E-state index in [0.717, 1.165) is 0 Å². The first-order valence-electron chi connectivity index (χ1n) is 7.77. The van der Waals surface area contributed by atoms with Gasteiger partial charge < -0.3 is 20.1 Å². The summed E-state index contributed by atoms with van der Waals surface area (Å²) < 4.78 is 11.8. The van der Waals surface area contributed by atoms with Crippen molar-refractivity contribution < 1.29 is 14.3 Å². The highest BCUT2D eigenvalue weighted by atomic mass is 35.5. The topological polar surface area (TPSA) is 103 Å². The maximum Gasteiger partial charge on any atom is 0.323 e. The van der Waals surface area contributed by atoms with Gasteiger partial charge in [0.2, 0.25) is 5.88 Å². The van der Waals surface area contributed by atoms with Crippen molar-refractivity contribution in [3.8, 4) is 5.88 Å². The summed E-state index contributed by atoms with van der Waals surface area (Å²) in [5.41, 5.74) is 1.89. The molecule has 0 saturated carbocycles. The smallest absolute Gasteiger partial charge is 0.323 e. The Morgan fingerprint density at radius 1 is 1.26 bits per heavy atom. The minimum Gasteiger partial charge on any atom is -0.480 e. The fraction of sp³-hybridized carbons (Fsp3) is 0.250. The number of carbonyl (C=O) groups is 1. The highest BCUT2D eigenvalue weighted by Crippen LogP contribution is 2.26. The van der Waals surface area contributed by atoms with Crippen LogP contribution in [0.1, 0.15) is 18.7 Å². The molecule has 0 aliphatic rings. The van der Waals surface area contributed by atoms with Crippen molar-refractivity contribution in [1.29, 1.82) is 0 Å². The van der Waals surface area contributed by atoms with Gasteiger partial charge in [0.25, 0.3) is 0 Å². The number of methoxy groups -OCH3 is 2. The van der Waals surface area contributed by atoms with Crippen molar-refractivity contribution in [2.45, 2.75) is 13.0 Å². The number of pyridine rings is 1. The Balaban J connectivity index is 1.85. The zero-order valence-electron chi connectivity index (χ0n) is 14.7. The average molecular weight is 411 g/mol. The van der Waals surface area contributed by atoms with E-state index in [9.17, 15) is 4.79 Å². The fourth-order valence-electron chi connectivity index (χ4n) is 2.35. The molecule has 3 rings (SSSR count). The summed E-state index contributed by atoms with van der Waals surface area (Å²) in [7, 11) is 3.01. The predicted octanol–water partition coefficient (Wildman–Crippen LogP) is 3.79. The van der Waals surface area contributed by atoms with E-state index in [1.165, 1.54) is 23.9 Å². The molecule has 0 aliphatic carbocycles. The lowest BCUT2D eigenvalue weighted by molar-refractivity contribution is 0.116. The number of carbonyl (C=O) groups excluding carboxylic acids is 1. The summed E-state index contributed by atoms with van der Waals surface area (Å²) >= 11 is 11.9. The van der Waals surface area contributed by atoms with Crippen LogP contribution in [-0.4, -0.2) is 39.8 Å². The third-order valence-corrected chi connectivity index (χ3v) is 4.15. The molecule has 0 saturated heterocycles. The minimum atomic E-state index is -0.512. The van der Waals surface area contributed by atoms with Gasteiger partial charge in [-0.1, -0.05) is 23.2 Å². The number of hydrogen-bond acceptors (Lipinski definition) is 6. The van der Waals surface area contributed by atoms with Crippen LogP contribution in [0.5, 0.6) is 5.88 Å². The molecule has 0 fully saturated rings. The number of urea groups is 1. The molecule has 2 N–H and O–H groups in total. The lowest BCUT2D eigenvalue weighted by atomic mass is 10.2. The van der Waals surface area contributed by atoms with Gasteiger partial charge in [0.05, 0.1) is 42.7 Å². The van der Waals surface area contributed by atoms with Gasteiger partial charge in [-0.05, 0) is 13.0 Å². The van der Waals surface area contributed by atoms with Gasteiger partial charge >= 0.3 is 6.03 Å². The third-order valence-electron chi connectivity index (χ3n) is 3.69. The Labute approximate surface area is 164 Å². The molecule has 1 atom stereocenters. The normalized spacial score (nSPS) is 12.0. The molecule has 11 heteroatoms. The van der Waals surface area contributed by atoms with E-state index in [1.54, 1.807) is 19.4 Å². The number of nitrogens with one attached hydrogen (secondary N) is 2. The second kappa shape index (κ2) is 7.95. The first-order valence-corrected chi connectivity index (χ1v) is 8.53. The van der Waals surface area contributed by atoms with Crippen LogP contribution < -0.4 is 15.4 Å². The molecule has 2 amide bonds. The van der Waals surface area contributed by atoms with Crippen LogP contribution in [0.4, 0.5) is 16.2 Å². The molecular weight excluding hydrogens is 395 g/mol. The first kappa shape index (κ1) is 19.2. The zero-order valence-corrected chi connectivity index (χ0v) is 16.2. The molecule has 0 spiro atoms. The van der Waals surface area contributed by atoms with Crippen molar-refractivity contribution >= 4 is 46.3 Å². The van der Waals surface area contributed by atoms with Crippen LogP contribution in [-0.2, 0) is 4.74 Å². The summed E-state index contributed by atoms with van der Waals surface area (Å²) in [4.78, 5) is 20.9. The predicted molar refractivity (Wildman–Crippen MR) is 102 cm³/mol. The van der Waals surface area contributed by atoms with Gasteiger partial charge in [0.1, 0.15) is 5.02 Å². The van der Waals surface area contributed by atoms with Crippen molar-refractivity contribution in [3.05, 3.63) is 40.4 Å². The van der Waals surface area contributed by atoms with E-state index < -0.39 is 6.03 Å². The van der Waals surface area contributed by atoms with Crippen LogP contribution in [0.25, 0.3) is 5.65 Å². The third kappa shape index (κ3) is 4.21. The van der Waals surface area contributed by atoms with Crippen LogP contribution in [0.2, 0.25) is 10.2 Å². The van der Waals surface area contributed by atoms with Crippen LogP contribution in [0.3, 0.4) is 0 Å². The molecule has 27 heavy (non-hydrogen) atoms. The molecule has 0 aliphatic heterocycles. The molecule has 9 nitrogen and oxygen atoms in total. The Kier molecular flexibility index (Phi) is 5.64.